The number of aromatic amines is 1. The van der Waals surface area contributed by atoms with Crippen LogP contribution in [0.3, 0.4) is 0 Å². The second kappa shape index (κ2) is 2.38. The van der Waals surface area contributed by atoms with Gasteiger partial charge >= 0.3 is 4.87 Å². The van der Waals surface area contributed by atoms with Crippen LogP contribution in [-0.2, 0) is 0 Å². The molecule has 0 fully saturated rings. The molecule has 0 saturated carbocycles. The molecule has 2 nitrogen and oxygen atoms in total. The molecule has 0 unspecified atom stereocenters. The zero-order chi connectivity index (χ0) is 8.72. The molecular formula is C7H3F2NOS. The Labute approximate surface area is 69.5 Å². The van der Waals surface area contributed by atoms with E-state index in [9.17, 15) is 13.6 Å². The number of fused-ring (bicyclic) bond motifs is 1. The molecule has 12 heavy (non-hydrogen) atoms. The summed E-state index contributed by atoms with van der Waals surface area (Å²) in [5.41, 5.74) is -0.0509. The number of H-pyrrole nitrogens is 1. The van der Waals surface area contributed by atoms with Gasteiger partial charge in [-0.05, 0) is 12.1 Å². The molecule has 0 spiro atoms. The van der Waals surface area contributed by atoms with Gasteiger partial charge in [0.1, 0.15) is 11.6 Å². The van der Waals surface area contributed by atoms with E-state index in [1.165, 1.54) is 0 Å². The van der Waals surface area contributed by atoms with Crippen molar-refractivity contribution in [1.29, 1.82) is 0 Å². The molecule has 0 bridgehead atoms. The molecule has 2 rings (SSSR count). The van der Waals surface area contributed by atoms with Gasteiger partial charge in [0, 0.05) is 0 Å². The van der Waals surface area contributed by atoms with E-state index < -0.39 is 16.5 Å². The highest BCUT2D eigenvalue weighted by molar-refractivity contribution is 7.16. The second-order valence-electron chi connectivity index (χ2n) is 2.25. The summed E-state index contributed by atoms with van der Waals surface area (Å²) < 4.78 is 25.8. The lowest BCUT2D eigenvalue weighted by Gasteiger charge is -1.91. The lowest BCUT2D eigenvalue weighted by Crippen LogP contribution is -1.90. The maximum Gasteiger partial charge on any atom is 0.305 e. The van der Waals surface area contributed by atoms with Gasteiger partial charge in [-0.3, -0.25) is 4.79 Å². The number of thiazole rings is 1. The normalized spacial score (nSPS) is 10.8. The smallest absolute Gasteiger partial charge is 0.305 e. The monoisotopic (exact) mass is 187 g/mol. The van der Waals surface area contributed by atoms with E-state index in [0.29, 0.717) is 11.3 Å². The van der Waals surface area contributed by atoms with Crippen LogP contribution in [0.5, 0.6) is 0 Å². The maximum absolute atomic E-state index is 12.9. The van der Waals surface area contributed by atoms with Gasteiger partial charge in [-0.25, -0.2) is 8.78 Å². The van der Waals surface area contributed by atoms with Crippen molar-refractivity contribution in [3.05, 3.63) is 33.4 Å². The first-order valence-electron chi connectivity index (χ1n) is 3.15. The first-order chi connectivity index (χ1) is 5.68. The molecule has 0 aliphatic carbocycles. The Morgan fingerprint density at radius 1 is 1.25 bits per heavy atom. The van der Waals surface area contributed by atoms with E-state index in [1.807, 2.05) is 0 Å². The summed E-state index contributed by atoms with van der Waals surface area (Å²) in [6.07, 6.45) is 0. The maximum atomic E-state index is 12.9. The summed E-state index contributed by atoms with van der Waals surface area (Å²) >= 11 is 0.667. The summed E-state index contributed by atoms with van der Waals surface area (Å²) in [5.74, 6) is -1.18. The second-order valence-corrected chi connectivity index (χ2v) is 3.23. The zero-order valence-electron chi connectivity index (χ0n) is 5.73. The van der Waals surface area contributed by atoms with Gasteiger partial charge in [-0.1, -0.05) is 11.3 Å². The highest BCUT2D eigenvalue weighted by Crippen LogP contribution is 2.20. The molecule has 0 aliphatic heterocycles. The first-order valence-corrected chi connectivity index (χ1v) is 3.97. The zero-order valence-corrected chi connectivity index (χ0v) is 6.54. The van der Waals surface area contributed by atoms with Crippen LogP contribution in [0.25, 0.3) is 10.2 Å². The fraction of sp³-hybridized carbons (Fsp3) is 0. The van der Waals surface area contributed by atoms with E-state index >= 15 is 0 Å². The molecule has 5 heteroatoms. The van der Waals surface area contributed by atoms with Gasteiger partial charge in [0.15, 0.2) is 0 Å². The molecule has 1 N–H and O–H groups in total. The van der Waals surface area contributed by atoms with Crippen LogP contribution in [0.1, 0.15) is 0 Å². The van der Waals surface area contributed by atoms with Gasteiger partial charge in [-0.2, -0.15) is 0 Å². The Bertz CT molecular complexity index is 446. The molecule has 1 aromatic carbocycles. The van der Waals surface area contributed by atoms with Crippen LogP contribution in [0.4, 0.5) is 8.78 Å². The summed E-state index contributed by atoms with van der Waals surface area (Å²) in [5, 5.41) is 0. The third kappa shape index (κ3) is 0.937. The van der Waals surface area contributed by atoms with Gasteiger partial charge in [0.2, 0.25) is 0 Å². The van der Waals surface area contributed by atoms with Crippen LogP contribution >= 0.6 is 11.3 Å². The van der Waals surface area contributed by atoms with E-state index in [-0.39, 0.29) is 10.2 Å². The Morgan fingerprint density at radius 2 is 1.92 bits per heavy atom. The highest BCUT2D eigenvalue weighted by Gasteiger charge is 2.08. The minimum absolute atomic E-state index is 0.0417. The lowest BCUT2D eigenvalue weighted by molar-refractivity contribution is 0.617. The van der Waals surface area contributed by atoms with Crippen molar-refractivity contribution in [3.8, 4) is 0 Å². The molecule has 0 amide bonds. The number of rotatable bonds is 0. The van der Waals surface area contributed by atoms with Crippen molar-refractivity contribution in [2.75, 3.05) is 0 Å². The summed E-state index contributed by atoms with van der Waals surface area (Å²) in [6, 6.07) is 1.99. The van der Waals surface area contributed by atoms with E-state index in [1.54, 1.807) is 0 Å². The molecule has 0 saturated heterocycles. The van der Waals surface area contributed by atoms with E-state index in [0.717, 1.165) is 12.1 Å². The molecule has 0 atom stereocenters. The predicted octanol–water partition coefficient (Wildman–Crippen LogP) is 1.87. The standard InChI is InChI=1S/C7H3F2NOS/c8-3-1-2-4(9)6-5(3)10-7(11)12-6/h1-2H,(H,10,11). The molecule has 62 valence electrons. The minimum Gasteiger partial charge on any atom is -0.310 e. The van der Waals surface area contributed by atoms with Crippen LogP contribution in [0.15, 0.2) is 16.9 Å². The summed E-state index contributed by atoms with van der Waals surface area (Å²) in [6.45, 7) is 0. The number of benzene rings is 1. The average Bonchev–Trinajstić information content (AvgIpc) is 2.41. The fourth-order valence-electron chi connectivity index (χ4n) is 0.970. The third-order valence-corrected chi connectivity index (χ3v) is 2.37. The van der Waals surface area contributed by atoms with Crippen LogP contribution in [0.2, 0.25) is 0 Å². The van der Waals surface area contributed by atoms with Crippen LogP contribution < -0.4 is 4.87 Å². The Balaban J connectivity index is 3.03. The highest BCUT2D eigenvalue weighted by atomic mass is 32.1. The van der Waals surface area contributed by atoms with Gasteiger partial charge in [-0.15, -0.1) is 0 Å². The summed E-state index contributed by atoms with van der Waals surface area (Å²) in [4.78, 5) is 12.5. The van der Waals surface area contributed by atoms with Crippen molar-refractivity contribution in [3.63, 3.8) is 0 Å². The number of hydrogen-bond donors (Lipinski definition) is 1. The topological polar surface area (TPSA) is 32.9 Å². The van der Waals surface area contributed by atoms with Gasteiger partial charge in [0.05, 0.1) is 10.2 Å². The molecule has 0 aliphatic rings. The Morgan fingerprint density at radius 3 is 2.58 bits per heavy atom. The van der Waals surface area contributed by atoms with Crippen LogP contribution in [0, 0.1) is 11.6 Å². The van der Waals surface area contributed by atoms with E-state index in [4.69, 9.17) is 0 Å². The van der Waals surface area contributed by atoms with Crippen molar-refractivity contribution in [1.82, 2.24) is 4.98 Å². The molecule has 0 radical (unpaired) electrons. The lowest BCUT2D eigenvalue weighted by atomic mass is 10.3. The SMILES string of the molecule is O=c1[nH]c2c(F)ccc(F)c2s1. The molecule has 1 heterocycles. The number of aromatic nitrogens is 1. The van der Waals surface area contributed by atoms with Gasteiger partial charge < -0.3 is 4.98 Å². The van der Waals surface area contributed by atoms with Crippen molar-refractivity contribution in [2.24, 2.45) is 0 Å². The number of halogens is 2. The van der Waals surface area contributed by atoms with Crippen molar-refractivity contribution in [2.45, 2.75) is 0 Å². The Kier molecular flexibility index (Phi) is 1.47. The predicted molar refractivity (Wildman–Crippen MR) is 42.4 cm³/mol. The van der Waals surface area contributed by atoms with Crippen molar-refractivity contribution >= 4 is 21.6 Å². The number of hydrogen-bond acceptors (Lipinski definition) is 2. The molecule has 1 aromatic heterocycles. The fourth-order valence-corrected chi connectivity index (χ4v) is 1.72. The minimum atomic E-state index is -0.607. The molecule has 2 aromatic rings. The van der Waals surface area contributed by atoms with Crippen molar-refractivity contribution < 1.29 is 8.78 Å². The largest absolute Gasteiger partial charge is 0.310 e. The first kappa shape index (κ1) is 7.42. The van der Waals surface area contributed by atoms with Crippen LogP contribution in [-0.4, -0.2) is 4.98 Å². The summed E-state index contributed by atoms with van der Waals surface area (Å²) in [7, 11) is 0. The Hall–Kier alpha value is -1.23. The van der Waals surface area contributed by atoms with E-state index in [2.05, 4.69) is 4.98 Å². The van der Waals surface area contributed by atoms with Gasteiger partial charge in [0.25, 0.3) is 0 Å². The quantitative estimate of drug-likeness (QED) is 0.671. The average molecular weight is 187 g/mol. The molecular weight excluding hydrogens is 184 g/mol. The number of nitrogens with one attached hydrogen (secondary N) is 1. The third-order valence-electron chi connectivity index (χ3n) is 1.48.